The highest BCUT2D eigenvalue weighted by Gasteiger charge is 2.14. The standard InChI is InChI=1S/C16H17NO4/c1-10(20-2)11-5-4-6-12(9-11)15-14(21-3)8-7-13(17-15)16(18)19/h4-10H,1-3H3,(H,18,19)/t10-/m1/s1. The third-order valence-corrected chi connectivity index (χ3v) is 3.28. The van der Waals surface area contributed by atoms with Crippen LogP contribution in [0.4, 0.5) is 0 Å². The molecule has 1 aromatic heterocycles. The predicted molar refractivity (Wildman–Crippen MR) is 78.6 cm³/mol. The van der Waals surface area contributed by atoms with Gasteiger partial charge in [-0.3, -0.25) is 0 Å². The molecule has 1 heterocycles. The molecule has 0 fully saturated rings. The lowest BCUT2D eigenvalue weighted by atomic mass is 10.0. The van der Waals surface area contributed by atoms with Crippen molar-refractivity contribution in [1.29, 1.82) is 0 Å². The highest BCUT2D eigenvalue weighted by atomic mass is 16.5. The summed E-state index contributed by atoms with van der Waals surface area (Å²) in [6.45, 7) is 1.94. The van der Waals surface area contributed by atoms with Gasteiger partial charge in [-0.15, -0.1) is 0 Å². The van der Waals surface area contributed by atoms with Gasteiger partial charge in [0.15, 0.2) is 0 Å². The maximum absolute atomic E-state index is 11.1. The lowest BCUT2D eigenvalue weighted by Gasteiger charge is -2.13. The number of rotatable bonds is 5. The van der Waals surface area contributed by atoms with Gasteiger partial charge >= 0.3 is 5.97 Å². The Morgan fingerprint density at radius 2 is 2.00 bits per heavy atom. The summed E-state index contributed by atoms with van der Waals surface area (Å²) in [4.78, 5) is 15.3. The molecule has 110 valence electrons. The van der Waals surface area contributed by atoms with Gasteiger partial charge in [0.05, 0.1) is 13.2 Å². The van der Waals surface area contributed by atoms with E-state index in [9.17, 15) is 4.79 Å². The summed E-state index contributed by atoms with van der Waals surface area (Å²) in [7, 11) is 3.17. The van der Waals surface area contributed by atoms with E-state index in [4.69, 9.17) is 14.6 Å². The van der Waals surface area contributed by atoms with Crippen molar-refractivity contribution >= 4 is 5.97 Å². The van der Waals surface area contributed by atoms with Crippen molar-refractivity contribution in [3.63, 3.8) is 0 Å². The maximum Gasteiger partial charge on any atom is 0.354 e. The molecule has 2 rings (SSSR count). The largest absolute Gasteiger partial charge is 0.494 e. The van der Waals surface area contributed by atoms with E-state index >= 15 is 0 Å². The minimum Gasteiger partial charge on any atom is -0.494 e. The van der Waals surface area contributed by atoms with Gasteiger partial charge in [0.2, 0.25) is 0 Å². The van der Waals surface area contributed by atoms with Crippen molar-refractivity contribution in [3.8, 4) is 17.0 Å². The Labute approximate surface area is 123 Å². The molecule has 5 heteroatoms. The van der Waals surface area contributed by atoms with Gasteiger partial charge in [-0.05, 0) is 30.7 Å². The zero-order chi connectivity index (χ0) is 15.4. The quantitative estimate of drug-likeness (QED) is 0.914. The molecule has 0 amide bonds. The molecule has 1 atom stereocenters. The monoisotopic (exact) mass is 287 g/mol. The average Bonchev–Trinajstić information content (AvgIpc) is 2.53. The second kappa shape index (κ2) is 6.37. The number of carbonyl (C=O) groups is 1. The van der Waals surface area contributed by atoms with Crippen LogP contribution in [0.15, 0.2) is 36.4 Å². The van der Waals surface area contributed by atoms with Gasteiger partial charge < -0.3 is 14.6 Å². The molecule has 1 aromatic carbocycles. The number of pyridine rings is 1. The molecule has 0 aliphatic heterocycles. The Balaban J connectivity index is 2.54. The number of hydrogen-bond acceptors (Lipinski definition) is 4. The fourth-order valence-corrected chi connectivity index (χ4v) is 2.01. The molecule has 0 radical (unpaired) electrons. The van der Waals surface area contributed by atoms with Gasteiger partial charge in [0, 0.05) is 12.7 Å². The van der Waals surface area contributed by atoms with E-state index in [1.165, 1.54) is 13.2 Å². The lowest BCUT2D eigenvalue weighted by molar-refractivity contribution is 0.0690. The first-order valence-corrected chi connectivity index (χ1v) is 6.48. The van der Waals surface area contributed by atoms with Crippen molar-refractivity contribution in [2.24, 2.45) is 0 Å². The average molecular weight is 287 g/mol. The van der Waals surface area contributed by atoms with Crippen LogP contribution in [0, 0.1) is 0 Å². The lowest BCUT2D eigenvalue weighted by Crippen LogP contribution is -2.03. The van der Waals surface area contributed by atoms with Crippen molar-refractivity contribution in [2.45, 2.75) is 13.0 Å². The molecular formula is C16H17NO4. The van der Waals surface area contributed by atoms with E-state index in [0.717, 1.165) is 11.1 Å². The molecule has 21 heavy (non-hydrogen) atoms. The second-order valence-corrected chi connectivity index (χ2v) is 4.56. The van der Waals surface area contributed by atoms with E-state index in [2.05, 4.69) is 4.98 Å². The first-order chi connectivity index (χ1) is 10.1. The van der Waals surface area contributed by atoms with Gasteiger partial charge in [-0.1, -0.05) is 18.2 Å². The number of hydrogen-bond donors (Lipinski definition) is 1. The molecule has 0 bridgehead atoms. The molecule has 0 aliphatic rings. The Morgan fingerprint density at radius 3 is 2.62 bits per heavy atom. The Morgan fingerprint density at radius 1 is 1.24 bits per heavy atom. The van der Waals surface area contributed by atoms with Crippen molar-refractivity contribution in [3.05, 3.63) is 47.7 Å². The molecule has 0 spiro atoms. The summed E-state index contributed by atoms with van der Waals surface area (Å²) in [5.41, 5.74) is 2.26. The number of methoxy groups -OCH3 is 2. The van der Waals surface area contributed by atoms with Crippen LogP contribution in [0.2, 0.25) is 0 Å². The third-order valence-electron chi connectivity index (χ3n) is 3.28. The zero-order valence-corrected chi connectivity index (χ0v) is 12.2. The number of benzene rings is 1. The number of ether oxygens (including phenoxy) is 2. The molecule has 0 saturated heterocycles. The van der Waals surface area contributed by atoms with Gasteiger partial charge in [0.1, 0.15) is 17.1 Å². The van der Waals surface area contributed by atoms with E-state index in [-0.39, 0.29) is 11.8 Å². The number of aromatic nitrogens is 1. The van der Waals surface area contributed by atoms with Crippen LogP contribution in [0.25, 0.3) is 11.3 Å². The molecule has 2 aromatic rings. The molecule has 5 nitrogen and oxygen atoms in total. The van der Waals surface area contributed by atoms with Gasteiger partial charge in [-0.2, -0.15) is 0 Å². The number of carboxylic acids is 1. The topological polar surface area (TPSA) is 68.7 Å². The van der Waals surface area contributed by atoms with E-state index < -0.39 is 5.97 Å². The summed E-state index contributed by atoms with van der Waals surface area (Å²) in [6, 6.07) is 10.7. The molecule has 0 saturated carbocycles. The Hall–Kier alpha value is -2.40. The minimum absolute atomic E-state index is 0.0176. The Kier molecular flexibility index (Phi) is 4.55. The van der Waals surface area contributed by atoms with Gasteiger partial charge in [-0.25, -0.2) is 9.78 Å². The second-order valence-electron chi connectivity index (χ2n) is 4.56. The van der Waals surface area contributed by atoms with Crippen molar-refractivity contribution in [1.82, 2.24) is 4.98 Å². The first-order valence-electron chi connectivity index (χ1n) is 6.48. The van der Waals surface area contributed by atoms with Crippen LogP contribution in [0.3, 0.4) is 0 Å². The number of nitrogens with zero attached hydrogens (tertiary/aromatic N) is 1. The van der Waals surface area contributed by atoms with Crippen molar-refractivity contribution < 1.29 is 19.4 Å². The summed E-state index contributed by atoms with van der Waals surface area (Å²) in [5, 5.41) is 9.08. The van der Waals surface area contributed by atoms with Gasteiger partial charge in [0.25, 0.3) is 0 Å². The fourth-order valence-electron chi connectivity index (χ4n) is 2.01. The van der Waals surface area contributed by atoms with Crippen LogP contribution in [-0.4, -0.2) is 30.3 Å². The fraction of sp³-hybridized carbons (Fsp3) is 0.250. The summed E-state index contributed by atoms with van der Waals surface area (Å²) in [6.07, 6.45) is -0.0569. The highest BCUT2D eigenvalue weighted by Crippen LogP contribution is 2.30. The maximum atomic E-state index is 11.1. The number of aromatic carboxylic acids is 1. The van der Waals surface area contributed by atoms with E-state index in [1.807, 2.05) is 31.2 Å². The molecular weight excluding hydrogens is 270 g/mol. The summed E-state index contributed by atoms with van der Waals surface area (Å²) < 4.78 is 10.6. The van der Waals surface area contributed by atoms with Crippen LogP contribution in [-0.2, 0) is 4.74 Å². The normalized spacial score (nSPS) is 12.0. The van der Waals surface area contributed by atoms with Crippen LogP contribution < -0.4 is 4.74 Å². The molecule has 1 N–H and O–H groups in total. The van der Waals surface area contributed by atoms with Crippen molar-refractivity contribution in [2.75, 3.05) is 14.2 Å². The first kappa shape index (κ1) is 15.0. The van der Waals surface area contributed by atoms with E-state index in [1.54, 1.807) is 13.2 Å². The molecule has 0 unspecified atom stereocenters. The van der Waals surface area contributed by atoms with Crippen LogP contribution in [0.1, 0.15) is 29.1 Å². The summed E-state index contributed by atoms with van der Waals surface area (Å²) >= 11 is 0. The minimum atomic E-state index is -1.07. The smallest absolute Gasteiger partial charge is 0.354 e. The van der Waals surface area contributed by atoms with Crippen LogP contribution >= 0.6 is 0 Å². The third kappa shape index (κ3) is 3.20. The zero-order valence-electron chi connectivity index (χ0n) is 12.2. The summed E-state index contributed by atoms with van der Waals surface area (Å²) in [5.74, 6) is -0.539. The Bertz CT molecular complexity index is 654. The highest BCUT2D eigenvalue weighted by molar-refractivity contribution is 5.86. The SMILES string of the molecule is COc1ccc(C(=O)O)nc1-c1cccc([C@@H](C)OC)c1. The molecule has 0 aliphatic carbocycles. The predicted octanol–water partition coefficient (Wildman–Crippen LogP) is 3.16. The van der Waals surface area contributed by atoms with Crippen LogP contribution in [0.5, 0.6) is 5.75 Å². The number of carboxylic acid groups (broad SMARTS) is 1. The van der Waals surface area contributed by atoms with E-state index in [0.29, 0.717) is 11.4 Å².